The zero-order chi connectivity index (χ0) is 16.2. The molecule has 1 heterocycles. The molecule has 1 fully saturated rings. The summed E-state index contributed by atoms with van der Waals surface area (Å²) in [7, 11) is -1.06. The van der Waals surface area contributed by atoms with E-state index in [2.05, 4.69) is 5.32 Å². The Morgan fingerprint density at radius 3 is 2.64 bits per heavy atom. The molecule has 7 heteroatoms. The van der Waals surface area contributed by atoms with E-state index in [1.807, 2.05) is 18.0 Å². The van der Waals surface area contributed by atoms with Gasteiger partial charge < -0.3 is 10.2 Å². The fraction of sp³-hybridized carbons (Fsp3) is 0.467. The summed E-state index contributed by atoms with van der Waals surface area (Å²) < 4.78 is 22.9. The lowest BCUT2D eigenvalue weighted by Gasteiger charge is -2.22. The van der Waals surface area contributed by atoms with E-state index in [-0.39, 0.29) is 23.5 Å². The Morgan fingerprint density at radius 1 is 1.41 bits per heavy atom. The molecule has 1 saturated heterocycles. The van der Waals surface area contributed by atoms with Gasteiger partial charge in [-0.15, -0.1) is 0 Å². The van der Waals surface area contributed by atoms with Crippen molar-refractivity contribution in [1.82, 2.24) is 4.90 Å². The molecule has 1 aliphatic heterocycles. The average molecular weight is 321 g/mol. The molecule has 6 nitrogen and oxygen atoms in total. The van der Waals surface area contributed by atoms with Gasteiger partial charge in [-0.3, -0.25) is 4.79 Å². The lowest BCUT2D eigenvalue weighted by molar-refractivity contribution is -0.116. The summed E-state index contributed by atoms with van der Waals surface area (Å²) in [6.07, 6.45) is 0.934. The molecule has 0 saturated carbocycles. The van der Waals surface area contributed by atoms with Crippen molar-refractivity contribution >= 4 is 21.4 Å². The summed E-state index contributed by atoms with van der Waals surface area (Å²) in [4.78, 5) is 13.8. The molecular weight excluding hydrogens is 302 g/mol. The van der Waals surface area contributed by atoms with Crippen LogP contribution in [0.1, 0.15) is 18.4 Å². The minimum Gasteiger partial charge on any atom is -0.326 e. The van der Waals surface area contributed by atoms with Crippen LogP contribution in [0.4, 0.5) is 5.69 Å². The van der Waals surface area contributed by atoms with Gasteiger partial charge in [0.2, 0.25) is 5.91 Å². The third kappa shape index (κ3) is 4.55. The fourth-order valence-electron chi connectivity index (χ4n) is 2.44. The Kier molecular flexibility index (Phi) is 5.16. The molecule has 22 heavy (non-hydrogen) atoms. The third-order valence-corrected chi connectivity index (χ3v) is 5.57. The highest BCUT2D eigenvalue weighted by Gasteiger charge is 2.30. The first-order chi connectivity index (χ1) is 10.4. The quantitative estimate of drug-likeness (QED) is 0.874. The van der Waals surface area contributed by atoms with Crippen LogP contribution in [0.5, 0.6) is 0 Å². The zero-order valence-corrected chi connectivity index (χ0v) is 13.3. The maximum absolute atomic E-state index is 11.9. The maximum Gasteiger partial charge on any atom is 0.225 e. The van der Waals surface area contributed by atoms with Crippen molar-refractivity contribution in [2.45, 2.75) is 18.9 Å². The van der Waals surface area contributed by atoms with Gasteiger partial charge in [0, 0.05) is 24.7 Å². The van der Waals surface area contributed by atoms with E-state index >= 15 is 0 Å². The minimum atomic E-state index is -2.90. The van der Waals surface area contributed by atoms with E-state index in [0.717, 1.165) is 0 Å². The van der Waals surface area contributed by atoms with Crippen molar-refractivity contribution in [3.05, 3.63) is 29.8 Å². The highest BCUT2D eigenvalue weighted by atomic mass is 32.2. The number of anilines is 1. The van der Waals surface area contributed by atoms with Crippen molar-refractivity contribution in [2.24, 2.45) is 0 Å². The molecule has 0 aromatic heterocycles. The number of nitriles is 1. The molecule has 1 amide bonds. The zero-order valence-electron chi connectivity index (χ0n) is 12.4. The predicted molar refractivity (Wildman–Crippen MR) is 84.1 cm³/mol. The van der Waals surface area contributed by atoms with Crippen LogP contribution in [-0.4, -0.2) is 50.4 Å². The topological polar surface area (TPSA) is 90.3 Å². The second-order valence-corrected chi connectivity index (χ2v) is 7.75. The highest BCUT2D eigenvalue weighted by Crippen LogP contribution is 2.16. The molecule has 1 atom stereocenters. The van der Waals surface area contributed by atoms with Crippen LogP contribution in [-0.2, 0) is 14.6 Å². The first kappa shape index (κ1) is 16.5. The number of benzene rings is 1. The van der Waals surface area contributed by atoms with Gasteiger partial charge in [-0.2, -0.15) is 5.26 Å². The van der Waals surface area contributed by atoms with Gasteiger partial charge in [-0.1, -0.05) is 0 Å². The number of hydrogen-bond donors (Lipinski definition) is 1. The lowest BCUT2D eigenvalue weighted by Crippen LogP contribution is -2.35. The molecular formula is C15H19N3O3S. The monoisotopic (exact) mass is 321 g/mol. The summed E-state index contributed by atoms with van der Waals surface area (Å²) in [5.41, 5.74) is 1.19. The summed E-state index contributed by atoms with van der Waals surface area (Å²) in [5, 5.41) is 11.5. The van der Waals surface area contributed by atoms with Crippen LogP contribution in [0.25, 0.3) is 0 Å². The number of amides is 1. The van der Waals surface area contributed by atoms with Crippen molar-refractivity contribution in [3.63, 3.8) is 0 Å². The van der Waals surface area contributed by atoms with Gasteiger partial charge in [0.1, 0.15) is 0 Å². The van der Waals surface area contributed by atoms with E-state index in [9.17, 15) is 13.2 Å². The molecule has 118 valence electrons. The normalized spacial score (nSPS) is 19.8. The number of nitrogens with zero attached hydrogens (tertiary/aromatic N) is 2. The Hall–Kier alpha value is -1.91. The van der Waals surface area contributed by atoms with Crippen LogP contribution in [0.3, 0.4) is 0 Å². The van der Waals surface area contributed by atoms with Gasteiger partial charge in [0.15, 0.2) is 9.84 Å². The summed E-state index contributed by atoms with van der Waals surface area (Å²) in [6, 6.07) is 8.68. The second-order valence-electron chi connectivity index (χ2n) is 5.52. The van der Waals surface area contributed by atoms with Crippen molar-refractivity contribution in [1.29, 1.82) is 5.26 Å². The van der Waals surface area contributed by atoms with Crippen molar-refractivity contribution in [2.75, 3.05) is 30.4 Å². The Bertz CT molecular complexity index is 677. The van der Waals surface area contributed by atoms with Crippen LogP contribution in [0, 0.1) is 11.3 Å². The lowest BCUT2D eigenvalue weighted by atomic mass is 10.2. The second kappa shape index (κ2) is 6.90. The number of sulfone groups is 1. The number of carbonyl (C=O) groups excluding carboxylic acids is 1. The number of carbonyl (C=O) groups is 1. The average Bonchev–Trinajstić information content (AvgIpc) is 2.86. The van der Waals surface area contributed by atoms with Crippen LogP contribution >= 0.6 is 0 Å². The third-order valence-electron chi connectivity index (χ3n) is 3.82. The fourth-order valence-corrected chi connectivity index (χ4v) is 4.24. The van der Waals surface area contributed by atoms with Crippen molar-refractivity contribution < 1.29 is 13.2 Å². The molecule has 1 N–H and O–H groups in total. The standard InChI is InChI=1S/C15H19N3O3S/c1-18(14-7-9-22(20,21)11-14)8-6-15(19)17-13-4-2-12(10-16)3-5-13/h2-5,14H,6-9,11H2,1H3,(H,17,19). The number of rotatable bonds is 5. The smallest absolute Gasteiger partial charge is 0.225 e. The Balaban J connectivity index is 1.79. The Labute approximate surface area is 130 Å². The van der Waals surface area contributed by atoms with Gasteiger partial charge in [0.05, 0.1) is 23.1 Å². The molecule has 0 bridgehead atoms. The molecule has 0 radical (unpaired) electrons. The van der Waals surface area contributed by atoms with Gasteiger partial charge in [-0.25, -0.2) is 8.42 Å². The molecule has 2 rings (SSSR count). The summed E-state index contributed by atoms with van der Waals surface area (Å²) in [6.45, 7) is 0.516. The molecule has 1 unspecified atom stereocenters. The number of nitrogens with one attached hydrogen (secondary N) is 1. The van der Waals surface area contributed by atoms with Crippen LogP contribution in [0.2, 0.25) is 0 Å². The van der Waals surface area contributed by atoms with Gasteiger partial charge >= 0.3 is 0 Å². The largest absolute Gasteiger partial charge is 0.326 e. The van der Waals surface area contributed by atoms with Gasteiger partial charge in [-0.05, 0) is 37.7 Å². The van der Waals surface area contributed by atoms with E-state index in [1.165, 1.54) is 0 Å². The first-order valence-corrected chi connectivity index (χ1v) is 8.92. The van der Waals surface area contributed by atoms with E-state index in [0.29, 0.717) is 30.6 Å². The van der Waals surface area contributed by atoms with Crippen molar-refractivity contribution in [3.8, 4) is 6.07 Å². The Morgan fingerprint density at radius 2 is 2.09 bits per heavy atom. The van der Waals surface area contributed by atoms with Crippen LogP contribution < -0.4 is 5.32 Å². The highest BCUT2D eigenvalue weighted by molar-refractivity contribution is 7.91. The predicted octanol–water partition coefficient (Wildman–Crippen LogP) is 1.01. The number of hydrogen-bond acceptors (Lipinski definition) is 5. The molecule has 1 aromatic rings. The molecule has 1 aliphatic rings. The van der Waals surface area contributed by atoms with E-state index in [1.54, 1.807) is 24.3 Å². The van der Waals surface area contributed by atoms with E-state index < -0.39 is 9.84 Å². The summed E-state index contributed by atoms with van der Waals surface area (Å²) >= 11 is 0. The molecule has 0 spiro atoms. The van der Waals surface area contributed by atoms with E-state index in [4.69, 9.17) is 5.26 Å². The molecule has 1 aromatic carbocycles. The van der Waals surface area contributed by atoms with Crippen LogP contribution in [0.15, 0.2) is 24.3 Å². The SMILES string of the molecule is CN(CCC(=O)Nc1ccc(C#N)cc1)C1CCS(=O)(=O)C1. The van der Waals surface area contributed by atoms with Gasteiger partial charge in [0.25, 0.3) is 0 Å². The summed E-state index contributed by atoms with van der Waals surface area (Å²) in [5.74, 6) is 0.289. The molecule has 0 aliphatic carbocycles. The first-order valence-electron chi connectivity index (χ1n) is 7.10. The minimum absolute atomic E-state index is 0.00714. The maximum atomic E-state index is 11.9.